The van der Waals surface area contributed by atoms with Gasteiger partial charge in [-0.1, -0.05) is 0 Å². The second kappa shape index (κ2) is 6.78. The Labute approximate surface area is 168 Å². The topological polar surface area (TPSA) is 101 Å². The van der Waals surface area contributed by atoms with Crippen molar-refractivity contribution in [2.75, 3.05) is 34.8 Å². The third kappa shape index (κ3) is 2.78. The zero-order valence-electron chi connectivity index (χ0n) is 16.1. The number of benzene rings is 1. The van der Waals surface area contributed by atoms with E-state index in [4.69, 9.17) is 5.26 Å². The number of anilines is 3. The minimum atomic E-state index is -0.0947. The van der Waals surface area contributed by atoms with Gasteiger partial charge >= 0.3 is 0 Å². The third-order valence-electron chi connectivity index (χ3n) is 5.70. The van der Waals surface area contributed by atoms with Crippen LogP contribution < -0.4 is 15.1 Å². The van der Waals surface area contributed by atoms with Crippen molar-refractivity contribution in [2.24, 2.45) is 0 Å². The lowest BCUT2D eigenvalue weighted by atomic mass is 10.1. The number of nitrogens with zero attached hydrogens (tertiary/aromatic N) is 5. The smallest absolute Gasteiger partial charge is 0.263 e. The van der Waals surface area contributed by atoms with Gasteiger partial charge in [0.2, 0.25) is 5.95 Å². The van der Waals surface area contributed by atoms with Crippen LogP contribution in [0.4, 0.5) is 17.5 Å². The van der Waals surface area contributed by atoms with Gasteiger partial charge < -0.3 is 20.1 Å². The van der Waals surface area contributed by atoms with Crippen LogP contribution in [0.5, 0.6) is 0 Å². The lowest BCUT2D eigenvalue weighted by Gasteiger charge is -2.26. The summed E-state index contributed by atoms with van der Waals surface area (Å²) in [6, 6.07) is 7.86. The van der Waals surface area contributed by atoms with Crippen LogP contribution in [0.2, 0.25) is 0 Å². The highest BCUT2D eigenvalue weighted by atomic mass is 16.2. The first-order valence-electron chi connectivity index (χ1n) is 9.90. The minimum Gasteiger partial charge on any atom is -0.359 e. The van der Waals surface area contributed by atoms with Crippen molar-refractivity contribution in [1.82, 2.24) is 15.0 Å². The number of aromatic nitrogens is 3. The summed E-state index contributed by atoms with van der Waals surface area (Å²) < 4.78 is 0. The second-order valence-corrected chi connectivity index (χ2v) is 7.41. The normalized spacial score (nSPS) is 18.3. The van der Waals surface area contributed by atoms with Crippen molar-refractivity contribution in [3.05, 3.63) is 41.7 Å². The second-order valence-electron chi connectivity index (χ2n) is 7.41. The molecule has 5 rings (SSSR count). The quantitative estimate of drug-likeness (QED) is 0.717. The summed E-state index contributed by atoms with van der Waals surface area (Å²) in [6.07, 6.45) is 5.58. The van der Waals surface area contributed by atoms with Gasteiger partial charge in [-0.15, -0.1) is 0 Å². The molecule has 146 valence electrons. The van der Waals surface area contributed by atoms with E-state index in [0.717, 1.165) is 48.3 Å². The van der Waals surface area contributed by atoms with Gasteiger partial charge in [-0.05, 0) is 38.0 Å². The van der Waals surface area contributed by atoms with E-state index in [0.29, 0.717) is 23.6 Å². The molecule has 2 N–H and O–H groups in total. The Balaban J connectivity index is 1.62. The van der Waals surface area contributed by atoms with Crippen LogP contribution in [0, 0.1) is 11.3 Å². The van der Waals surface area contributed by atoms with E-state index in [9.17, 15) is 4.79 Å². The van der Waals surface area contributed by atoms with Crippen LogP contribution in [-0.4, -0.2) is 46.5 Å². The average molecular weight is 387 g/mol. The van der Waals surface area contributed by atoms with Gasteiger partial charge in [-0.3, -0.25) is 4.79 Å². The van der Waals surface area contributed by atoms with Crippen LogP contribution in [0.15, 0.2) is 30.6 Å². The molecule has 2 aliphatic rings. The number of aromatic amines is 1. The molecular formula is C21H21N7O. The SMILES string of the molecule is CCNc1ncc2c(n1)N1CCC[C@H]1CN(c1c[nH]c3cc(C#N)ccc13)C2=O. The van der Waals surface area contributed by atoms with Gasteiger partial charge in [0.05, 0.1) is 17.3 Å². The van der Waals surface area contributed by atoms with Crippen LogP contribution in [0.3, 0.4) is 0 Å². The molecule has 1 aromatic carbocycles. The first-order valence-corrected chi connectivity index (χ1v) is 9.90. The molecule has 2 aliphatic heterocycles. The Kier molecular flexibility index (Phi) is 4.09. The van der Waals surface area contributed by atoms with Crippen LogP contribution >= 0.6 is 0 Å². The van der Waals surface area contributed by atoms with Crippen molar-refractivity contribution in [1.29, 1.82) is 5.26 Å². The highest BCUT2D eigenvalue weighted by Crippen LogP contribution is 2.36. The van der Waals surface area contributed by atoms with Crippen molar-refractivity contribution < 1.29 is 4.79 Å². The van der Waals surface area contributed by atoms with E-state index >= 15 is 0 Å². The molecular weight excluding hydrogens is 366 g/mol. The number of amides is 1. The van der Waals surface area contributed by atoms with Crippen LogP contribution in [-0.2, 0) is 0 Å². The number of carbonyl (C=O) groups excluding carboxylic acids is 1. The fourth-order valence-corrected chi connectivity index (χ4v) is 4.34. The number of nitrogens with one attached hydrogen (secondary N) is 2. The van der Waals surface area contributed by atoms with E-state index in [1.807, 2.05) is 30.2 Å². The first-order chi connectivity index (χ1) is 14.2. The molecule has 0 aliphatic carbocycles. The van der Waals surface area contributed by atoms with Gasteiger partial charge in [0, 0.05) is 49.0 Å². The van der Waals surface area contributed by atoms with Gasteiger partial charge in [-0.2, -0.15) is 10.2 Å². The Hall–Kier alpha value is -3.60. The molecule has 0 bridgehead atoms. The molecule has 0 unspecified atom stereocenters. The van der Waals surface area contributed by atoms with Crippen LogP contribution in [0.1, 0.15) is 35.7 Å². The number of nitriles is 1. The number of H-pyrrole nitrogens is 1. The molecule has 4 heterocycles. The zero-order chi connectivity index (χ0) is 20.0. The summed E-state index contributed by atoms with van der Waals surface area (Å²) >= 11 is 0. The number of rotatable bonds is 3. The highest BCUT2D eigenvalue weighted by Gasteiger charge is 2.38. The van der Waals surface area contributed by atoms with E-state index in [1.165, 1.54) is 0 Å². The number of carbonyl (C=O) groups is 1. The predicted octanol–water partition coefficient (Wildman–Crippen LogP) is 2.89. The summed E-state index contributed by atoms with van der Waals surface area (Å²) in [5, 5.41) is 13.2. The van der Waals surface area contributed by atoms with Gasteiger partial charge in [0.15, 0.2) is 0 Å². The molecule has 2 aromatic heterocycles. The summed E-state index contributed by atoms with van der Waals surface area (Å²) in [5.74, 6) is 1.18. The lowest BCUT2D eigenvalue weighted by molar-refractivity contribution is 0.0988. The Morgan fingerprint density at radius 2 is 2.31 bits per heavy atom. The fourth-order valence-electron chi connectivity index (χ4n) is 4.34. The summed E-state index contributed by atoms with van der Waals surface area (Å²) in [6.45, 7) is 4.21. The summed E-state index contributed by atoms with van der Waals surface area (Å²) in [4.78, 5) is 29.8. The first kappa shape index (κ1) is 17.5. The molecule has 29 heavy (non-hydrogen) atoms. The lowest BCUT2D eigenvalue weighted by Crippen LogP contribution is -2.39. The van der Waals surface area contributed by atoms with Gasteiger partial charge in [-0.25, -0.2) is 4.98 Å². The predicted molar refractivity (Wildman–Crippen MR) is 111 cm³/mol. The van der Waals surface area contributed by atoms with Crippen molar-refractivity contribution >= 4 is 34.3 Å². The molecule has 1 atom stereocenters. The average Bonchev–Trinajstić information content (AvgIpc) is 3.35. The number of hydrogen-bond donors (Lipinski definition) is 2. The molecule has 1 amide bonds. The van der Waals surface area contributed by atoms with Gasteiger partial charge in [0.25, 0.3) is 5.91 Å². The molecule has 8 heteroatoms. The number of fused-ring (bicyclic) bond motifs is 4. The van der Waals surface area contributed by atoms with Crippen molar-refractivity contribution in [3.8, 4) is 6.07 Å². The van der Waals surface area contributed by atoms with E-state index in [-0.39, 0.29) is 11.9 Å². The molecule has 1 saturated heterocycles. The molecule has 0 spiro atoms. The number of hydrogen-bond acceptors (Lipinski definition) is 6. The molecule has 0 radical (unpaired) electrons. The van der Waals surface area contributed by atoms with Crippen LogP contribution in [0.25, 0.3) is 10.9 Å². The monoisotopic (exact) mass is 387 g/mol. The third-order valence-corrected chi connectivity index (χ3v) is 5.70. The maximum Gasteiger partial charge on any atom is 0.263 e. The summed E-state index contributed by atoms with van der Waals surface area (Å²) in [7, 11) is 0. The maximum atomic E-state index is 13.5. The Morgan fingerprint density at radius 1 is 1.41 bits per heavy atom. The summed E-state index contributed by atoms with van der Waals surface area (Å²) in [5.41, 5.74) is 2.78. The standard InChI is InChI=1S/C21H21N7O/c1-2-23-21-25-10-16-19(26-21)27-7-3-4-14(27)12-28(20(16)29)18-11-24-17-8-13(9-22)5-6-15(17)18/h5-6,8,10-11,14,24H,2-4,7,12H2,1H3,(H,23,25,26)/t14-/m0/s1. The van der Waals surface area contributed by atoms with E-state index < -0.39 is 0 Å². The molecule has 8 nitrogen and oxygen atoms in total. The van der Waals surface area contributed by atoms with E-state index in [1.54, 1.807) is 12.3 Å². The highest BCUT2D eigenvalue weighted by molar-refractivity contribution is 6.13. The molecule has 3 aromatic rings. The fraction of sp³-hybridized carbons (Fsp3) is 0.333. The Bertz CT molecular complexity index is 1150. The van der Waals surface area contributed by atoms with Crippen molar-refractivity contribution in [3.63, 3.8) is 0 Å². The van der Waals surface area contributed by atoms with Crippen molar-refractivity contribution in [2.45, 2.75) is 25.8 Å². The van der Waals surface area contributed by atoms with Gasteiger partial charge in [0.1, 0.15) is 11.4 Å². The maximum absolute atomic E-state index is 13.5. The molecule has 0 saturated carbocycles. The Morgan fingerprint density at radius 3 is 3.14 bits per heavy atom. The molecule has 1 fully saturated rings. The minimum absolute atomic E-state index is 0.0947. The zero-order valence-corrected chi connectivity index (χ0v) is 16.1. The largest absolute Gasteiger partial charge is 0.359 e. The van der Waals surface area contributed by atoms with E-state index in [2.05, 4.69) is 31.2 Å².